The summed E-state index contributed by atoms with van der Waals surface area (Å²) in [6.07, 6.45) is 0. The molecule has 0 aromatic heterocycles. The van der Waals surface area contributed by atoms with Crippen molar-refractivity contribution in [2.75, 3.05) is 44.6 Å². The fraction of sp³-hybridized carbons (Fsp3) is 0.350. The summed E-state index contributed by atoms with van der Waals surface area (Å²) in [5.74, 6) is -0.564. The Balaban J connectivity index is 1.80. The van der Waals surface area contributed by atoms with Crippen LogP contribution in [0.2, 0.25) is 5.02 Å². The minimum absolute atomic E-state index is 0.0410. The second-order valence-electron chi connectivity index (χ2n) is 7.64. The maximum absolute atomic E-state index is 12.9. The average molecular weight is 517 g/mol. The Bertz CT molecular complexity index is 1240. The van der Waals surface area contributed by atoms with Gasteiger partial charge < -0.3 is 15.4 Å². The van der Waals surface area contributed by atoms with Crippen LogP contribution in [0.15, 0.2) is 46.2 Å². The number of piperazine rings is 1. The molecule has 13 heteroatoms. The van der Waals surface area contributed by atoms with Gasteiger partial charge in [-0.05, 0) is 49.9 Å². The highest BCUT2D eigenvalue weighted by molar-refractivity contribution is 7.92. The third-order valence-corrected chi connectivity index (χ3v) is 8.85. The summed E-state index contributed by atoms with van der Waals surface area (Å²) in [5, 5.41) is -0.0410. The van der Waals surface area contributed by atoms with E-state index in [2.05, 4.69) is 4.72 Å². The molecule has 180 valence electrons. The van der Waals surface area contributed by atoms with Gasteiger partial charge in [0.25, 0.3) is 15.9 Å². The fourth-order valence-corrected chi connectivity index (χ4v) is 6.31. The standard InChI is InChI=1S/C20H25ClN4O6S2/c1-14-11-17(21)19(12-18(14)31-13-20(22)26)32(27,28)23-15-3-5-16(6-4-15)33(29,30)25-9-7-24(2)8-10-25/h3-6,11-12,23H,7-10,13H2,1-2H3,(H2,22,26). The van der Waals surface area contributed by atoms with Crippen LogP contribution in [0.4, 0.5) is 5.69 Å². The molecule has 0 aliphatic carbocycles. The first kappa shape index (κ1) is 25.2. The molecule has 1 fully saturated rings. The van der Waals surface area contributed by atoms with Crippen LogP contribution in [0, 0.1) is 6.92 Å². The van der Waals surface area contributed by atoms with Gasteiger partial charge in [-0.3, -0.25) is 9.52 Å². The van der Waals surface area contributed by atoms with E-state index in [1.54, 1.807) is 6.92 Å². The van der Waals surface area contributed by atoms with Gasteiger partial charge in [-0.1, -0.05) is 11.6 Å². The van der Waals surface area contributed by atoms with Crippen molar-refractivity contribution in [1.82, 2.24) is 9.21 Å². The lowest BCUT2D eigenvalue weighted by Gasteiger charge is -2.31. The van der Waals surface area contributed by atoms with Crippen LogP contribution in [0.1, 0.15) is 5.56 Å². The van der Waals surface area contributed by atoms with E-state index in [0.29, 0.717) is 31.7 Å². The summed E-state index contributed by atoms with van der Waals surface area (Å²) in [4.78, 5) is 12.8. The second kappa shape index (κ2) is 9.85. The van der Waals surface area contributed by atoms with Gasteiger partial charge in [-0.2, -0.15) is 4.31 Å². The molecule has 0 bridgehead atoms. The van der Waals surface area contributed by atoms with E-state index in [-0.39, 0.29) is 26.3 Å². The number of likely N-dealkylation sites (N-methyl/N-ethyl adjacent to an activating group) is 1. The molecule has 1 aliphatic heterocycles. The number of aryl methyl sites for hydroxylation is 1. The first-order chi connectivity index (χ1) is 15.4. The number of carbonyl (C=O) groups excluding carboxylic acids is 1. The van der Waals surface area contributed by atoms with E-state index in [4.69, 9.17) is 22.1 Å². The van der Waals surface area contributed by atoms with Gasteiger partial charge in [0.05, 0.1) is 9.92 Å². The van der Waals surface area contributed by atoms with Crippen LogP contribution in [0.3, 0.4) is 0 Å². The maximum Gasteiger partial charge on any atom is 0.263 e. The Hall–Kier alpha value is -2.38. The molecule has 0 atom stereocenters. The Morgan fingerprint density at radius 2 is 1.70 bits per heavy atom. The van der Waals surface area contributed by atoms with Crippen LogP contribution in [-0.4, -0.2) is 71.8 Å². The van der Waals surface area contributed by atoms with Crippen molar-refractivity contribution in [2.24, 2.45) is 5.73 Å². The number of sulfonamides is 2. The van der Waals surface area contributed by atoms with Crippen molar-refractivity contribution >= 4 is 43.2 Å². The largest absolute Gasteiger partial charge is 0.483 e. The topological polar surface area (TPSA) is 139 Å². The third kappa shape index (κ3) is 5.95. The number of nitrogens with one attached hydrogen (secondary N) is 1. The number of primary amides is 1. The molecule has 1 saturated heterocycles. The zero-order chi connectivity index (χ0) is 24.4. The van der Waals surface area contributed by atoms with Gasteiger partial charge in [0.1, 0.15) is 10.6 Å². The number of ether oxygens (including phenoxy) is 1. The van der Waals surface area contributed by atoms with Gasteiger partial charge in [0.15, 0.2) is 6.61 Å². The minimum Gasteiger partial charge on any atom is -0.483 e. The van der Waals surface area contributed by atoms with Gasteiger partial charge in [-0.15, -0.1) is 0 Å². The quantitative estimate of drug-likeness (QED) is 0.538. The predicted octanol–water partition coefficient (Wildman–Crippen LogP) is 1.25. The minimum atomic E-state index is -4.14. The monoisotopic (exact) mass is 516 g/mol. The zero-order valence-corrected chi connectivity index (χ0v) is 20.5. The highest BCUT2D eigenvalue weighted by Crippen LogP contribution is 2.31. The summed E-state index contributed by atoms with van der Waals surface area (Å²) < 4.78 is 60.5. The number of rotatable bonds is 8. The summed E-state index contributed by atoms with van der Waals surface area (Å²) >= 11 is 6.14. The smallest absolute Gasteiger partial charge is 0.263 e. The molecule has 1 aliphatic rings. The molecule has 2 aromatic carbocycles. The predicted molar refractivity (Wildman–Crippen MR) is 124 cm³/mol. The van der Waals surface area contributed by atoms with E-state index in [9.17, 15) is 21.6 Å². The molecular weight excluding hydrogens is 492 g/mol. The van der Waals surface area contributed by atoms with Crippen molar-refractivity contribution in [2.45, 2.75) is 16.7 Å². The van der Waals surface area contributed by atoms with Crippen molar-refractivity contribution in [3.63, 3.8) is 0 Å². The van der Waals surface area contributed by atoms with E-state index >= 15 is 0 Å². The van der Waals surface area contributed by atoms with Crippen LogP contribution in [-0.2, 0) is 24.8 Å². The first-order valence-electron chi connectivity index (χ1n) is 9.93. The lowest BCUT2D eigenvalue weighted by molar-refractivity contribution is -0.119. The van der Waals surface area contributed by atoms with Crippen LogP contribution in [0.5, 0.6) is 5.75 Å². The fourth-order valence-electron chi connectivity index (χ4n) is 3.23. The van der Waals surface area contributed by atoms with E-state index in [1.165, 1.54) is 40.7 Å². The van der Waals surface area contributed by atoms with Crippen molar-refractivity contribution < 1.29 is 26.4 Å². The molecule has 0 unspecified atom stereocenters. The number of benzene rings is 2. The van der Waals surface area contributed by atoms with Crippen LogP contribution < -0.4 is 15.2 Å². The van der Waals surface area contributed by atoms with Crippen molar-refractivity contribution in [3.05, 3.63) is 47.0 Å². The second-order valence-corrected chi connectivity index (χ2v) is 11.6. The first-order valence-corrected chi connectivity index (χ1v) is 13.2. The van der Waals surface area contributed by atoms with E-state index < -0.39 is 32.6 Å². The van der Waals surface area contributed by atoms with Crippen molar-refractivity contribution in [3.8, 4) is 5.75 Å². The Morgan fingerprint density at radius 1 is 1.09 bits per heavy atom. The molecule has 0 radical (unpaired) electrons. The number of hydrogen-bond donors (Lipinski definition) is 2. The average Bonchev–Trinajstić information content (AvgIpc) is 2.73. The van der Waals surface area contributed by atoms with Gasteiger partial charge >= 0.3 is 0 Å². The molecule has 10 nitrogen and oxygen atoms in total. The van der Waals surface area contributed by atoms with Crippen LogP contribution >= 0.6 is 11.6 Å². The molecule has 33 heavy (non-hydrogen) atoms. The van der Waals surface area contributed by atoms with Crippen LogP contribution in [0.25, 0.3) is 0 Å². The summed E-state index contributed by atoms with van der Waals surface area (Å²) in [6.45, 7) is 3.28. The van der Waals surface area contributed by atoms with E-state index in [0.717, 1.165) is 0 Å². The third-order valence-electron chi connectivity index (χ3n) is 5.10. The highest BCUT2D eigenvalue weighted by Gasteiger charge is 2.27. The molecule has 0 spiro atoms. The number of carbonyl (C=O) groups is 1. The van der Waals surface area contributed by atoms with Gasteiger partial charge in [-0.25, -0.2) is 16.8 Å². The number of nitrogens with zero attached hydrogens (tertiary/aromatic N) is 2. The summed E-state index contributed by atoms with van der Waals surface area (Å²) in [6, 6.07) is 8.04. The van der Waals surface area contributed by atoms with E-state index in [1.807, 2.05) is 11.9 Å². The molecule has 2 aromatic rings. The SMILES string of the molecule is Cc1cc(Cl)c(S(=O)(=O)Nc2ccc(S(=O)(=O)N3CCN(C)CC3)cc2)cc1OCC(N)=O. The Kier molecular flexibility index (Phi) is 7.54. The number of hydrogen-bond acceptors (Lipinski definition) is 7. The maximum atomic E-state index is 12.9. The number of halogens is 1. The molecule has 3 N–H and O–H groups in total. The molecule has 1 amide bonds. The number of nitrogens with two attached hydrogens (primary N) is 1. The Morgan fingerprint density at radius 3 is 2.27 bits per heavy atom. The van der Waals surface area contributed by atoms with Crippen molar-refractivity contribution in [1.29, 1.82) is 0 Å². The lowest BCUT2D eigenvalue weighted by Crippen LogP contribution is -2.46. The molecule has 3 rings (SSSR count). The summed E-state index contributed by atoms with van der Waals surface area (Å²) in [5.41, 5.74) is 5.76. The highest BCUT2D eigenvalue weighted by atomic mass is 35.5. The number of anilines is 1. The van der Waals surface area contributed by atoms with Gasteiger partial charge in [0, 0.05) is 37.9 Å². The normalized spacial score (nSPS) is 15.8. The molecule has 0 saturated carbocycles. The summed E-state index contributed by atoms with van der Waals surface area (Å²) in [7, 11) is -5.89. The molecule has 1 heterocycles. The molecular formula is C20H25ClN4O6S2. The Labute approximate surface area is 198 Å². The zero-order valence-electron chi connectivity index (χ0n) is 18.1. The van der Waals surface area contributed by atoms with Gasteiger partial charge in [0.2, 0.25) is 10.0 Å². The number of amides is 1. The lowest BCUT2D eigenvalue weighted by atomic mass is 10.2.